The van der Waals surface area contributed by atoms with Crippen molar-refractivity contribution in [3.63, 3.8) is 0 Å². The van der Waals surface area contributed by atoms with E-state index in [1.165, 1.54) is 0 Å². The monoisotopic (exact) mass is 430 g/mol. The molecule has 0 saturated heterocycles. The zero-order chi connectivity index (χ0) is 21.9. The fourth-order valence-electron chi connectivity index (χ4n) is 5.04. The Morgan fingerprint density at radius 2 is 1.97 bits per heavy atom. The van der Waals surface area contributed by atoms with Crippen LogP contribution >= 0.6 is 11.6 Å². The van der Waals surface area contributed by atoms with E-state index in [1.807, 2.05) is 13.0 Å². The fourth-order valence-corrected chi connectivity index (χ4v) is 5.21. The Hall–Kier alpha value is -3.56. The largest absolute Gasteiger partial charge is 0.384 e. The van der Waals surface area contributed by atoms with E-state index in [9.17, 15) is 14.9 Å². The van der Waals surface area contributed by atoms with Crippen molar-refractivity contribution in [3.8, 4) is 6.07 Å². The molecule has 1 aliphatic carbocycles. The van der Waals surface area contributed by atoms with Gasteiger partial charge in [0.05, 0.1) is 11.3 Å². The van der Waals surface area contributed by atoms with E-state index in [4.69, 9.17) is 17.3 Å². The molecule has 0 saturated carbocycles. The molecular formula is C24H19ClN4O2. The summed E-state index contributed by atoms with van der Waals surface area (Å²) in [6.45, 7) is 1.91. The van der Waals surface area contributed by atoms with Crippen LogP contribution in [0.5, 0.6) is 0 Å². The molecule has 7 heteroatoms. The van der Waals surface area contributed by atoms with Gasteiger partial charge in [0.25, 0.3) is 0 Å². The number of para-hydroxylation sites is 1. The summed E-state index contributed by atoms with van der Waals surface area (Å²) in [5.74, 6) is -0.412. The Morgan fingerprint density at radius 1 is 1.19 bits per heavy atom. The molecule has 154 valence electrons. The van der Waals surface area contributed by atoms with Crippen molar-refractivity contribution in [1.29, 1.82) is 5.26 Å². The molecule has 5 rings (SSSR count). The highest BCUT2D eigenvalue weighted by Gasteiger charge is 2.60. The third-order valence-electron chi connectivity index (χ3n) is 6.35. The number of hydrogen-bond donors (Lipinski definition) is 2. The molecule has 0 aromatic heterocycles. The number of allylic oxidation sites excluding steroid dienone is 1. The number of aryl methyl sites for hydroxylation is 1. The number of nitrogens with one attached hydrogen (secondary N) is 1. The van der Waals surface area contributed by atoms with Crippen LogP contribution in [0.3, 0.4) is 0 Å². The first-order chi connectivity index (χ1) is 14.9. The second kappa shape index (κ2) is 6.73. The third kappa shape index (κ3) is 2.44. The highest BCUT2D eigenvalue weighted by molar-refractivity contribution is 6.31. The molecule has 0 fully saturated rings. The molecule has 6 nitrogen and oxygen atoms in total. The molecule has 1 atom stereocenters. The van der Waals surface area contributed by atoms with Gasteiger partial charge in [0.2, 0.25) is 5.91 Å². The second-order valence-corrected chi connectivity index (χ2v) is 8.42. The van der Waals surface area contributed by atoms with Crippen LogP contribution in [0.1, 0.15) is 30.4 Å². The zero-order valence-corrected chi connectivity index (χ0v) is 17.6. The highest BCUT2D eigenvalue weighted by Crippen LogP contribution is 2.55. The predicted molar refractivity (Wildman–Crippen MR) is 118 cm³/mol. The molecule has 0 radical (unpaired) electrons. The molecule has 31 heavy (non-hydrogen) atoms. The maximum atomic E-state index is 13.5. The average Bonchev–Trinajstić information content (AvgIpc) is 3.03. The lowest BCUT2D eigenvalue weighted by Gasteiger charge is -2.43. The quantitative estimate of drug-likeness (QED) is 0.710. The SMILES string of the molecule is Cc1ccc(Cl)cc1N1C(N)=C(C#N)[C@@]2(C(=O)Nc3ccccc32)C2=C1CCCC2=O. The van der Waals surface area contributed by atoms with Crippen LogP contribution in [0.15, 0.2) is 65.1 Å². The van der Waals surface area contributed by atoms with Gasteiger partial charge in [-0.05, 0) is 43.5 Å². The Bertz CT molecular complexity index is 1290. The number of hydrogen-bond acceptors (Lipinski definition) is 5. The smallest absolute Gasteiger partial charge is 0.245 e. The number of benzene rings is 2. The summed E-state index contributed by atoms with van der Waals surface area (Å²) >= 11 is 6.27. The number of amides is 1. The summed E-state index contributed by atoms with van der Waals surface area (Å²) in [7, 11) is 0. The fraction of sp³-hybridized carbons (Fsp3) is 0.208. The van der Waals surface area contributed by atoms with E-state index >= 15 is 0 Å². The van der Waals surface area contributed by atoms with Gasteiger partial charge in [-0.3, -0.25) is 14.5 Å². The Kier molecular flexibility index (Phi) is 4.21. The number of nitrogens with zero attached hydrogens (tertiary/aromatic N) is 2. The molecule has 2 aliphatic heterocycles. The second-order valence-electron chi connectivity index (χ2n) is 7.99. The number of carbonyl (C=O) groups excluding carboxylic acids is 2. The summed E-state index contributed by atoms with van der Waals surface area (Å²) in [5.41, 5.74) is 8.91. The van der Waals surface area contributed by atoms with Crippen molar-refractivity contribution in [3.05, 3.63) is 81.3 Å². The van der Waals surface area contributed by atoms with E-state index in [0.29, 0.717) is 52.5 Å². The lowest BCUT2D eigenvalue weighted by atomic mass is 9.64. The first kappa shape index (κ1) is 19.4. The van der Waals surface area contributed by atoms with E-state index < -0.39 is 11.3 Å². The van der Waals surface area contributed by atoms with E-state index in [-0.39, 0.29) is 17.2 Å². The van der Waals surface area contributed by atoms with Gasteiger partial charge in [-0.25, -0.2) is 0 Å². The number of fused-ring (bicyclic) bond motifs is 3. The van der Waals surface area contributed by atoms with E-state index in [1.54, 1.807) is 41.3 Å². The summed E-state index contributed by atoms with van der Waals surface area (Å²) < 4.78 is 0. The minimum Gasteiger partial charge on any atom is -0.384 e. The number of nitriles is 1. The van der Waals surface area contributed by atoms with Crippen molar-refractivity contribution in [1.82, 2.24) is 0 Å². The van der Waals surface area contributed by atoms with Crippen LogP contribution in [-0.4, -0.2) is 11.7 Å². The molecule has 1 amide bonds. The Labute approximate surface area is 184 Å². The molecule has 3 N–H and O–H groups in total. The van der Waals surface area contributed by atoms with Gasteiger partial charge >= 0.3 is 0 Å². The summed E-state index contributed by atoms with van der Waals surface area (Å²) in [6, 6.07) is 14.7. The summed E-state index contributed by atoms with van der Waals surface area (Å²) in [6.07, 6.45) is 1.52. The minimum absolute atomic E-state index is 0.0586. The molecule has 3 aliphatic rings. The lowest BCUT2D eigenvalue weighted by Crippen LogP contribution is -2.50. The molecule has 2 aromatic carbocycles. The van der Waals surface area contributed by atoms with Crippen LogP contribution in [0.4, 0.5) is 11.4 Å². The van der Waals surface area contributed by atoms with Gasteiger partial charge in [0.15, 0.2) is 5.78 Å². The van der Waals surface area contributed by atoms with Crippen LogP contribution < -0.4 is 16.0 Å². The molecule has 2 aromatic rings. The Morgan fingerprint density at radius 3 is 2.74 bits per heavy atom. The first-order valence-electron chi connectivity index (χ1n) is 10.1. The number of halogens is 1. The zero-order valence-electron chi connectivity index (χ0n) is 16.8. The van der Waals surface area contributed by atoms with Gasteiger partial charge in [-0.2, -0.15) is 5.26 Å². The number of anilines is 2. The van der Waals surface area contributed by atoms with Gasteiger partial charge in [-0.15, -0.1) is 0 Å². The molecule has 0 bridgehead atoms. The van der Waals surface area contributed by atoms with Crippen LogP contribution in [0, 0.1) is 18.3 Å². The van der Waals surface area contributed by atoms with Gasteiger partial charge in [0, 0.05) is 34.0 Å². The lowest BCUT2D eigenvalue weighted by molar-refractivity contribution is -0.122. The number of ketones is 1. The number of carbonyl (C=O) groups is 2. The first-order valence-corrected chi connectivity index (χ1v) is 10.4. The van der Waals surface area contributed by atoms with Gasteiger partial charge in [0.1, 0.15) is 17.3 Å². The van der Waals surface area contributed by atoms with Crippen molar-refractivity contribution in [2.45, 2.75) is 31.6 Å². The van der Waals surface area contributed by atoms with Crippen LogP contribution in [-0.2, 0) is 15.0 Å². The average molecular weight is 431 g/mol. The van der Waals surface area contributed by atoms with E-state index in [0.717, 1.165) is 5.56 Å². The summed E-state index contributed by atoms with van der Waals surface area (Å²) in [5, 5.41) is 13.6. The Balaban J connectivity index is 1.90. The topological polar surface area (TPSA) is 99.2 Å². The number of Topliss-reactive ketones (excluding diaryl/α,β-unsaturated/α-hetero) is 1. The van der Waals surface area contributed by atoms with Gasteiger partial charge < -0.3 is 11.1 Å². The molecular weight excluding hydrogens is 412 g/mol. The van der Waals surface area contributed by atoms with Crippen molar-refractivity contribution >= 4 is 34.7 Å². The minimum atomic E-state index is -1.54. The third-order valence-corrected chi connectivity index (χ3v) is 6.58. The highest BCUT2D eigenvalue weighted by atomic mass is 35.5. The number of rotatable bonds is 1. The molecule has 0 unspecified atom stereocenters. The summed E-state index contributed by atoms with van der Waals surface area (Å²) in [4.78, 5) is 28.6. The maximum absolute atomic E-state index is 13.5. The predicted octanol–water partition coefficient (Wildman–Crippen LogP) is 4.06. The standard InChI is InChI=1S/C24H19ClN4O2/c1-13-9-10-14(25)11-19(13)29-18-7-4-8-20(30)21(18)24(16(12-26)22(29)27)15-5-2-3-6-17(15)28-23(24)31/h2-3,5-6,9-11H,4,7-8,27H2,1H3,(H,28,31)/t24-/m1/s1. The van der Waals surface area contributed by atoms with Crippen molar-refractivity contribution in [2.24, 2.45) is 5.73 Å². The van der Waals surface area contributed by atoms with Crippen molar-refractivity contribution < 1.29 is 9.59 Å². The number of nitrogens with two attached hydrogens (primary N) is 1. The molecule has 2 heterocycles. The van der Waals surface area contributed by atoms with Crippen molar-refractivity contribution in [2.75, 3.05) is 10.2 Å². The van der Waals surface area contributed by atoms with E-state index in [2.05, 4.69) is 11.4 Å². The van der Waals surface area contributed by atoms with Crippen LogP contribution in [0.2, 0.25) is 5.02 Å². The van der Waals surface area contributed by atoms with Crippen LogP contribution in [0.25, 0.3) is 0 Å². The normalized spacial score (nSPS) is 22.4. The molecule has 1 spiro atoms. The van der Waals surface area contributed by atoms with Gasteiger partial charge in [-0.1, -0.05) is 35.9 Å². The maximum Gasteiger partial charge on any atom is 0.245 e.